The summed E-state index contributed by atoms with van der Waals surface area (Å²) in [6.45, 7) is 1.64. The van der Waals surface area contributed by atoms with Crippen LogP contribution < -0.4 is 0 Å². The van der Waals surface area contributed by atoms with E-state index in [0.29, 0.717) is 12.0 Å². The molecule has 5 nitrogen and oxygen atoms in total. The van der Waals surface area contributed by atoms with E-state index < -0.39 is 11.0 Å². The fourth-order valence-corrected chi connectivity index (χ4v) is 1.58. The average Bonchev–Trinajstić information content (AvgIpc) is 2.30. The highest BCUT2D eigenvalue weighted by atomic mass is 16.6. The van der Waals surface area contributed by atoms with Gasteiger partial charge in [-0.1, -0.05) is 19.1 Å². The lowest BCUT2D eigenvalue weighted by Crippen LogP contribution is -2.20. The summed E-state index contributed by atoms with van der Waals surface area (Å²) in [5, 5.41) is 29.3. The second-order valence-corrected chi connectivity index (χ2v) is 3.61. The van der Waals surface area contributed by atoms with Gasteiger partial charge in [-0.05, 0) is 12.0 Å². The minimum atomic E-state index is -0.633. The van der Waals surface area contributed by atoms with Crippen molar-refractivity contribution in [1.82, 2.24) is 0 Å². The van der Waals surface area contributed by atoms with Crippen LogP contribution in [-0.2, 0) is 0 Å². The molecule has 0 bridgehead atoms. The van der Waals surface area contributed by atoms with E-state index in [1.165, 1.54) is 12.1 Å². The van der Waals surface area contributed by atoms with Crippen LogP contribution in [0, 0.1) is 10.1 Å². The lowest BCUT2D eigenvalue weighted by molar-refractivity contribution is -0.384. The number of aliphatic hydroxyl groups is 2. The molecule has 0 amide bonds. The largest absolute Gasteiger partial charge is 0.396 e. The standard InChI is InChI=1S/C11H15NO4/c1-2-11(14)10(7-13)8-3-5-9(6-4-8)12(15)16/h3-6,10-11,13-14H,2,7H2,1H3. The summed E-state index contributed by atoms with van der Waals surface area (Å²) in [5.74, 6) is -0.384. The van der Waals surface area contributed by atoms with E-state index >= 15 is 0 Å². The van der Waals surface area contributed by atoms with Crippen molar-refractivity contribution in [2.75, 3.05) is 6.61 Å². The topological polar surface area (TPSA) is 83.6 Å². The Morgan fingerprint density at radius 2 is 1.94 bits per heavy atom. The van der Waals surface area contributed by atoms with E-state index in [1.807, 2.05) is 6.92 Å². The second kappa shape index (κ2) is 5.58. The van der Waals surface area contributed by atoms with E-state index in [2.05, 4.69) is 0 Å². The van der Waals surface area contributed by atoms with E-state index in [-0.39, 0.29) is 18.2 Å². The zero-order valence-electron chi connectivity index (χ0n) is 9.04. The molecule has 1 aromatic carbocycles. The first-order valence-corrected chi connectivity index (χ1v) is 5.13. The Morgan fingerprint density at radius 3 is 2.31 bits per heavy atom. The first-order chi connectivity index (χ1) is 7.60. The summed E-state index contributed by atoms with van der Waals surface area (Å²) in [6, 6.07) is 5.89. The highest BCUT2D eigenvalue weighted by molar-refractivity contribution is 5.34. The van der Waals surface area contributed by atoms with Gasteiger partial charge in [0, 0.05) is 18.1 Å². The van der Waals surface area contributed by atoms with Crippen molar-refractivity contribution >= 4 is 5.69 Å². The SMILES string of the molecule is CCC(O)C(CO)c1ccc([N+](=O)[O-])cc1. The van der Waals surface area contributed by atoms with Crippen LogP contribution >= 0.6 is 0 Å². The van der Waals surface area contributed by atoms with Crippen molar-refractivity contribution in [3.63, 3.8) is 0 Å². The van der Waals surface area contributed by atoms with Crippen LogP contribution in [0.2, 0.25) is 0 Å². The quantitative estimate of drug-likeness (QED) is 0.586. The molecular formula is C11H15NO4. The molecule has 2 atom stereocenters. The van der Waals surface area contributed by atoms with Crippen molar-refractivity contribution in [2.45, 2.75) is 25.4 Å². The van der Waals surface area contributed by atoms with Gasteiger partial charge in [-0.2, -0.15) is 0 Å². The minimum absolute atomic E-state index is 0.00595. The molecule has 16 heavy (non-hydrogen) atoms. The molecular weight excluding hydrogens is 210 g/mol. The number of nitro groups is 1. The Hall–Kier alpha value is -1.46. The van der Waals surface area contributed by atoms with Crippen molar-refractivity contribution < 1.29 is 15.1 Å². The maximum absolute atomic E-state index is 10.4. The molecule has 0 aliphatic carbocycles. The molecule has 2 N–H and O–H groups in total. The van der Waals surface area contributed by atoms with E-state index in [9.17, 15) is 15.2 Å². The third-order valence-corrected chi connectivity index (χ3v) is 2.61. The summed E-state index contributed by atoms with van der Waals surface area (Å²) in [6.07, 6.45) is -0.103. The van der Waals surface area contributed by atoms with Crippen LogP contribution in [0.5, 0.6) is 0 Å². The van der Waals surface area contributed by atoms with Gasteiger partial charge in [-0.25, -0.2) is 0 Å². The number of hydrogen-bond donors (Lipinski definition) is 2. The molecule has 0 aliphatic rings. The third-order valence-electron chi connectivity index (χ3n) is 2.61. The number of rotatable bonds is 5. The first kappa shape index (κ1) is 12.6. The number of nitrogens with zero attached hydrogens (tertiary/aromatic N) is 1. The molecule has 1 aromatic rings. The third kappa shape index (κ3) is 2.77. The summed E-state index contributed by atoms with van der Waals surface area (Å²) in [4.78, 5) is 9.97. The van der Waals surface area contributed by atoms with Crippen molar-refractivity contribution in [3.05, 3.63) is 39.9 Å². The highest BCUT2D eigenvalue weighted by Crippen LogP contribution is 2.23. The molecule has 1 rings (SSSR count). The number of hydrogen-bond acceptors (Lipinski definition) is 4. The summed E-state index contributed by atoms with van der Waals surface area (Å²) in [5.41, 5.74) is 0.717. The molecule has 0 spiro atoms. The lowest BCUT2D eigenvalue weighted by atomic mass is 9.92. The Labute approximate surface area is 93.5 Å². The van der Waals surface area contributed by atoms with E-state index in [4.69, 9.17) is 5.11 Å². The van der Waals surface area contributed by atoms with Gasteiger partial charge in [-0.15, -0.1) is 0 Å². The molecule has 0 saturated heterocycles. The molecule has 0 heterocycles. The molecule has 0 fully saturated rings. The van der Waals surface area contributed by atoms with Crippen LogP contribution in [0.15, 0.2) is 24.3 Å². The Bertz CT molecular complexity index is 350. The molecule has 2 unspecified atom stereocenters. The molecule has 88 valence electrons. The Balaban J connectivity index is 2.90. The Kier molecular flexibility index (Phi) is 4.39. The minimum Gasteiger partial charge on any atom is -0.396 e. The maximum atomic E-state index is 10.4. The first-order valence-electron chi connectivity index (χ1n) is 5.13. The predicted octanol–water partition coefficient (Wildman–Crippen LogP) is 1.44. The molecule has 0 aromatic heterocycles. The fraction of sp³-hybridized carbons (Fsp3) is 0.455. The summed E-state index contributed by atoms with van der Waals surface area (Å²) < 4.78 is 0. The van der Waals surface area contributed by atoms with Gasteiger partial charge in [0.05, 0.1) is 17.6 Å². The average molecular weight is 225 g/mol. The number of nitro benzene ring substituents is 1. The maximum Gasteiger partial charge on any atom is 0.269 e. The summed E-state index contributed by atoms with van der Waals surface area (Å²) in [7, 11) is 0. The van der Waals surface area contributed by atoms with Gasteiger partial charge < -0.3 is 10.2 Å². The number of benzene rings is 1. The van der Waals surface area contributed by atoms with E-state index in [1.54, 1.807) is 12.1 Å². The number of non-ortho nitro benzene ring substituents is 1. The van der Waals surface area contributed by atoms with Crippen LogP contribution in [-0.4, -0.2) is 27.8 Å². The van der Waals surface area contributed by atoms with Crippen LogP contribution in [0.25, 0.3) is 0 Å². The summed E-state index contributed by atoms with van der Waals surface area (Å²) >= 11 is 0. The smallest absolute Gasteiger partial charge is 0.269 e. The van der Waals surface area contributed by atoms with Gasteiger partial charge in [-0.3, -0.25) is 10.1 Å². The monoisotopic (exact) mass is 225 g/mol. The predicted molar refractivity (Wildman–Crippen MR) is 59.2 cm³/mol. The molecule has 0 radical (unpaired) electrons. The number of aliphatic hydroxyl groups excluding tert-OH is 2. The molecule has 0 aliphatic heterocycles. The molecule has 0 saturated carbocycles. The lowest BCUT2D eigenvalue weighted by Gasteiger charge is -2.19. The zero-order valence-corrected chi connectivity index (χ0v) is 9.04. The Morgan fingerprint density at radius 1 is 1.38 bits per heavy atom. The zero-order chi connectivity index (χ0) is 12.1. The van der Waals surface area contributed by atoms with Crippen LogP contribution in [0.1, 0.15) is 24.8 Å². The van der Waals surface area contributed by atoms with Gasteiger partial charge in [0.25, 0.3) is 5.69 Å². The second-order valence-electron chi connectivity index (χ2n) is 3.61. The van der Waals surface area contributed by atoms with Crippen molar-refractivity contribution in [3.8, 4) is 0 Å². The van der Waals surface area contributed by atoms with Crippen molar-refractivity contribution in [1.29, 1.82) is 0 Å². The van der Waals surface area contributed by atoms with E-state index in [0.717, 1.165) is 0 Å². The van der Waals surface area contributed by atoms with Gasteiger partial charge in [0.1, 0.15) is 0 Å². The molecule has 5 heteroatoms. The van der Waals surface area contributed by atoms with Gasteiger partial charge in [0.2, 0.25) is 0 Å². The van der Waals surface area contributed by atoms with Crippen LogP contribution in [0.4, 0.5) is 5.69 Å². The normalized spacial score (nSPS) is 14.4. The van der Waals surface area contributed by atoms with Gasteiger partial charge in [0.15, 0.2) is 0 Å². The van der Waals surface area contributed by atoms with Crippen molar-refractivity contribution in [2.24, 2.45) is 0 Å². The highest BCUT2D eigenvalue weighted by Gasteiger charge is 2.19. The van der Waals surface area contributed by atoms with Crippen LogP contribution in [0.3, 0.4) is 0 Å². The fourth-order valence-electron chi connectivity index (χ4n) is 1.58. The van der Waals surface area contributed by atoms with Gasteiger partial charge >= 0.3 is 0 Å².